The molecule has 2 aromatic rings. The van der Waals surface area contributed by atoms with Gasteiger partial charge in [-0.2, -0.15) is 0 Å². The summed E-state index contributed by atoms with van der Waals surface area (Å²) >= 11 is 3.53. The summed E-state index contributed by atoms with van der Waals surface area (Å²) in [7, 11) is 0. The first kappa shape index (κ1) is 21.0. The predicted molar refractivity (Wildman–Crippen MR) is 109 cm³/mol. The van der Waals surface area contributed by atoms with Crippen LogP contribution in [0.15, 0.2) is 40.9 Å². The molecule has 0 saturated heterocycles. The number of hydrogen-bond donors (Lipinski definition) is 1. The van der Waals surface area contributed by atoms with Crippen molar-refractivity contribution in [2.45, 2.75) is 33.6 Å². The van der Waals surface area contributed by atoms with Crippen molar-refractivity contribution in [1.29, 1.82) is 0 Å². The summed E-state index contributed by atoms with van der Waals surface area (Å²) in [5, 5.41) is 2.74. The maximum atomic E-state index is 12.3. The molecule has 0 unspecified atom stereocenters. The Balaban J connectivity index is 2.04. The van der Waals surface area contributed by atoms with Gasteiger partial charge < -0.3 is 14.8 Å². The van der Waals surface area contributed by atoms with Crippen molar-refractivity contribution in [3.63, 3.8) is 0 Å². The number of hydrogen-bond acceptors (Lipinski definition) is 4. The van der Waals surface area contributed by atoms with Crippen LogP contribution in [0, 0.1) is 6.92 Å². The molecule has 2 aromatic carbocycles. The van der Waals surface area contributed by atoms with Crippen molar-refractivity contribution >= 4 is 33.5 Å². The molecule has 27 heavy (non-hydrogen) atoms. The number of amides is 1. The summed E-state index contributed by atoms with van der Waals surface area (Å²) in [5.41, 5.74) is 2.98. The number of ether oxygens (including phenoxy) is 2. The molecule has 0 fully saturated rings. The summed E-state index contributed by atoms with van der Waals surface area (Å²) in [4.78, 5) is 24.1. The van der Waals surface area contributed by atoms with Gasteiger partial charge in [-0.25, -0.2) is 4.79 Å². The Labute approximate surface area is 168 Å². The fourth-order valence-corrected chi connectivity index (χ4v) is 2.89. The molecular formula is C21H24BrNO4. The van der Waals surface area contributed by atoms with Crippen LogP contribution in [0.5, 0.6) is 5.75 Å². The minimum Gasteiger partial charge on any atom is -0.483 e. The number of carbonyl (C=O) groups excluding carboxylic acids is 2. The molecule has 1 N–H and O–H groups in total. The smallest absolute Gasteiger partial charge is 0.338 e. The largest absolute Gasteiger partial charge is 0.483 e. The number of carbonyl (C=O) groups is 2. The van der Waals surface area contributed by atoms with Gasteiger partial charge in [0.25, 0.3) is 5.91 Å². The quantitative estimate of drug-likeness (QED) is 0.618. The SMILES string of the molecule is CCOC(=O)c1cccc(NC(=O)COc2cc(C)c(Br)cc2C(C)C)c1. The molecule has 144 valence electrons. The molecule has 0 spiro atoms. The molecule has 1 amide bonds. The fraction of sp³-hybridized carbons (Fsp3) is 0.333. The Morgan fingerprint density at radius 2 is 1.93 bits per heavy atom. The molecule has 2 rings (SSSR count). The van der Waals surface area contributed by atoms with Gasteiger partial charge in [0.05, 0.1) is 12.2 Å². The van der Waals surface area contributed by atoms with E-state index in [9.17, 15) is 9.59 Å². The molecule has 0 aromatic heterocycles. The van der Waals surface area contributed by atoms with E-state index in [4.69, 9.17) is 9.47 Å². The van der Waals surface area contributed by atoms with Gasteiger partial charge in [-0.15, -0.1) is 0 Å². The van der Waals surface area contributed by atoms with Gasteiger partial charge in [-0.05, 0) is 61.2 Å². The molecule has 5 nitrogen and oxygen atoms in total. The van der Waals surface area contributed by atoms with Crippen LogP contribution in [-0.4, -0.2) is 25.1 Å². The van der Waals surface area contributed by atoms with Gasteiger partial charge in [0, 0.05) is 10.2 Å². The highest BCUT2D eigenvalue weighted by atomic mass is 79.9. The summed E-state index contributed by atoms with van der Waals surface area (Å²) in [6, 6.07) is 10.6. The van der Waals surface area contributed by atoms with E-state index in [1.807, 2.05) is 19.1 Å². The Hall–Kier alpha value is -2.34. The molecule has 6 heteroatoms. The Morgan fingerprint density at radius 3 is 2.59 bits per heavy atom. The summed E-state index contributed by atoms with van der Waals surface area (Å²) < 4.78 is 11.7. The van der Waals surface area contributed by atoms with Gasteiger partial charge in [0.2, 0.25) is 0 Å². The first-order chi connectivity index (χ1) is 12.8. The number of rotatable bonds is 7. The van der Waals surface area contributed by atoms with E-state index in [2.05, 4.69) is 35.1 Å². The molecule has 0 bridgehead atoms. The molecule has 0 atom stereocenters. The van der Waals surface area contributed by atoms with Crippen LogP contribution in [0.2, 0.25) is 0 Å². The van der Waals surface area contributed by atoms with Crippen LogP contribution >= 0.6 is 15.9 Å². The van der Waals surface area contributed by atoms with Gasteiger partial charge in [-0.3, -0.25) is 4.79 Å². The molecule has 0 aliphatic heterocycles. The third kappa shape index (κ3) is 5.82. The van der Waals surface area contributed by atoms with E-state index in [1.54, 1.807) is 31.2 Å². The van der Waals surface area contributed by atoms with E-state index in [0.717, 1.165) is 15.6 Å². The highest BCUT2D eigenvalue weighted by Gasteiger charge is 2.13. The molecule has 0 aliphatic rings. The highest BCUT2D eigenvalue weighted by molar-refractivity contribution is 9.10. The van der Waals surface area contributed by atoms with E-state index >= 15 is 0 Å². The normalized spacial score (nSPS) is 10.6. The second-order valence-corrected chi connectivity index (χ2v) is 7.29. The van der Waals surface area contributed by atoms with Crippen molar-refractivity contribution < 1.29 is 19.1 Å². The van der Waals surface area contributed by atoms with Gasteiger partial charge >= 0.3 is 5.97 Å². The minimum absolute atomic E-state index is 0.121. The molecule has 0 aliphatic carbocycles. The maximum absolute atomic E-state index is 12.3. The number of nitrogens with one attached hydrogen (secondary N) is 1. The van der Waals surface area contributed by atoms with Gasteiger partial charge in [-0.1, -0.05) is 35.8 Å². The number of aryl methyl sites for hydroxylation is 1. The van der Waals surface area contributed by atoms with Crippen molar-refractivity contribution in [3.05, 3.63) is 57.6 Å². The second-order valence-electron chi connectivity index (χ2n) is 6.43. The maximum Gasteiger partial charge on any atom is 0.338 e. The lowest BCUT2D eigenvalue weighted by atomic mass is 10.0. The van der Waals surface area contributed by atoms with Crippen molar-refractivity contribution in [3.8, 4) is 5.75 Å². The van der Waals surface area contributed by atoms with Crippen LogP contribution in [0.25, 0.3) is 0 Å². The van der Waals surface area contributed by atoms with Crippen LogP contribution in [-0.2, 0) is 9.53 Å². The Morgan fingerprint density at radius 1 is 1.19 bits per heavy atom. The molecule has 0 radical (unpaired) electrons. The zero-order chi connectivity index (χ0) is 20.0. The third-order valence-corrected chi connectivity index (χ3v) is 4.78. The van der Waals surface area contributed by atoms with Crippen LogP contribution in [0.1, 0.15) is 48.2 Å². The van der Waals surface area contributed by atoms with Crippen molar-refractivity contribution in [2.75, 3.05) is 18.5 Å². The number of anilines is 1. The van der Waals surface area contributed by atoms with E-state index in [0.29, 0.717) is 23.6 Å². The Kier molecular flexibility index (Phi) is 7.42. The first-order valence-electron chi connectivity index (χ1n) is 8.81. The lowest BCUT2D eigenvalue weighted by molar-refractivity contribution is -0.118. The monoisotopic (exact) mass is 433 g/mol. The average molecular weight is 434 g/mol. The molecular weight excluding hydrogens is 410 g/mol. The second kappa shape index (κ2) is 9.55. The number of benzene rings is 2. The van der Waals surface area contributed by atoms with E-state index < -0.39 is 5.97 Å². The van der Waals surface area contributed by atoms with Crippen LogP contribution in [0.4, 0.5) is 5.69 Å². The molecule has 0 heterocycles. The predicted octanol–water partition coefficient (Wildman–Crippen LogP) is 5.08. The van der Waals surface area contributed by atoms with Crippen LogP contribution < -0.4 is 10.1 Å². The van der Waals surface area contributed by atoms with Gasteiger partial charge in [0.15, 0.2) is 6.61 Å². The minimum atomic E-state index is -0.420. The topological polar surface area (TPSA) is 64.6 Å². The highest BCUT2D eigenvalue weighted by Crippen LogP contribution is 2.32. The summed E-state index contributed by atoms with van der Waals surface area (Å²) in [5.74, 6) is 0.241. The average Bonchev–Trinajstić information content (AvgIpc) is 2.62. The van der Waals surface area contributed by atoms with E-state index in [1.165, 1.54) is 0 Å². The van der Waals surface area contributed by atoms with Gasteiger partial charge in [0.1, 0.15) is 5.75 Å². The van der Waals surface area contributed by atoms with Crippen molar-refractivity contribution in [2.24, 2.45) is 0 Å². The standard InChI is InChI=1S/C21H24BrNO4/c1-5-26-21(25)15-7-6-8-16(10-15)23-20(24)12-27-19-9-14(4)18(22)11-17(19)13(2)3/h6-11,13H,5,12H2,1-4H3,(H,23,24). The number of halogens is 1. The first-order valence-corrected chi connectivity index (χ1v) is 9.61. The third-order valence-electron chi connectivity index (χ3n) is 3.93. The zero-order valence-electron chi connectivity index (χ0n) is 16.0. The lowest BCUT2D eigenvalue weighted by Gasteiger charge is -2.16. The fourth-order valence-electron chi connectivity index (χ4n) is 2.53. The summed E-state index contributed by atoms with van der Waals surface area (Å²) in [6.07, 6.45) is 0. The molecule has 0 saturated carbocycles. The summed E-state index contributed by atoms with van der Waals surface area (Å²) in [6.45, 7) is 8.05. The van der Waals surface area contributed by atoms with E-state index in [-0.39, 0.29) is 18.4 Å². The lowest BCUT2D eigenvalue weighted by Crippen LogP contribution is -2.21. The number of esters is 1. The van der Waals surface area contributed by atoms with Crippen molar-refractivity contribution in [1.82, 2.24) is 0 Å². The van der Waals surface area contributed by atoms with Crippen LogP contribution in [0.3, 0.4) is 0 Å². The Bertz CT molecular complexity index is 833. The zero-order valence-corrected chi connectivity index (χ0v) is 17.6.